The van der Waals surface area contributed by atoms with Gasteiger partial charge in [0.2, 0.25) is 0 Å². The van der Waals surface area contributed by atoms with Crippen molar-refractivity contribution in [1.29, 1.82) is 0 Å². The van der Waals surface area contributed by atoms with Crippen LogP contribution < -0.4 is 10.6 Å². The van der Waals surface area contributed by atoms with Gasteiger partial charge in [-0.1, -0.05) is 0 Å². The molecule has 1 aliphatic carbocycles. The molecule has 1 saturated carbocycles. The van der Waals surface area contributed by atoms with E-state index in [4.69, 9.17) is 0 Å². The van der Waals surface area contributed by atoms with E-state index >= 15 is 0 Å². The normalized spacial score (nSPS) is 23.0. The Labute approximate surface area is 151 Å². The number of amides is 2. The molecule has 26 heavy (non-hydrogen) atoms. The number of nitrogens with one attached hydrogen (secondary N) is 2. The molecule has 8 heteroatoms. The van der Waals surface area contributed by atoms with Crippen molar-refractivity contribution in [2.45, 2.75) is 44.3 Å². The van der Waals surface area contributed by atoms with E-state index in [1.165, 1.54) is 17.6 Å². The molecule has 2 amide bonds. The summed E-state index contributed by atoms with van der Waals surface area (Å²) in [6.07, 6.45) is 6.56. The molecule has 2 heterocycles. The lowest BCUT2D eigenvalue weighted by molar-refractivity contribution is -0.136. The third-order valence-electron chi connectivity index (χ3n) is 4.96. The van der Waals surface area contributed by atoms with E-state index in [2.05, 4.69) is 32.7 Å². The van der Waals surface area contributed by atoms with Gasteiger partial charge in [0.05, 0.1) is 18.1 Å². The maximum Gasteiger partial charge on any atom is 0.313 e. The van der Waals surface area contributed by atoms with E-state index < -0.39 is 11.8 Å². The predicted octanol–water partition coefficient (Wildman–Crippen LogP) is 0.947. The summed E-state index contributed by atoms with van der Waals surface area (Å²) in [7, 11) is 0. The van der Waals surface area contributed by atoms with Gasteiger partial charge in [0.15, 0.2) is 0 Å². The van der Waals surface area contributed by atoms with Gasteiger partial charge in [-0.15, -0.1) is 0 Å². The largest absolute Gasteiger partial charge is 0.344 e. The van der Waals surface area contributed by atoms with Crippen molar-refractivity contribution in [2.24, 2.45) is 0 Å². The predicted molar refractivity (Wildman–Crippen MR) is 95.7 cm³/mol. The summed E-state index contributed by atoms with van der Waals surface area (Å²) in [5.41, 5.74) is 1.33. The van der Waals surface area contributed by atoms with Crippen LogP contribution in [0, 0.1) is 0 Å². The zero-order valence-corrected chi connectivity index (χ0v) is 14.6. The highest BCUT2D eigenvalue weighted by atomic mass is 16.2. The Kier molecular flexibility index (Phi) is 4.42. The molecule has 2 atom stereocenters. The van der Waals surface area contributed by atoms with Gasteiger partial charge in [-0.05, 0) is 50.5 Å². The molecule has 2 aromatic rings. The Morgan fingerprint density at radius 3 is 2.42 bits per heavy atom. The zero-order chi connectivity index (χ0) is 18.1. The summed E-state index contributed by atoms with van der Waals surface area (Å²) in [6.45, 7) is 3.01. The fourth-order valence-electron chi connectivity index (χ4n) is 3.54. The zero-order valence-electron chi connectivity index (χ0n) is 14.6. The average Bonchev–Trinajstić information content (AvgIpc) is 3.19. The first-order valence-electron chi connectivity index (χ1n) is 8.94. The van der Waals surface area contributed by atoms with Gasteiger partial charge in [-0.25, -0.2) is 0 Å². The van der Waals surface area contributed by atoms with Gasteiger partial charge in [0, 0.05) is 30.4 Å². The molecule has 1 aliphatic heterocycles. The monoisotopic (exact) mass is 354 g/mol. The van der Waals surface area contributed by atoms with Gasteiger partial charge in [0.1, 0.15) is 0 Å². The SMILES string of the molecule is CC1CC(NC(=O)C(=O)Nc2ccc(-n3nccn3)cc2)CN1C1CC1. The van der Waals surface area contributed by atoms with Gasteiger partial charge in [-0.2, -0.15) is 15.0 Å². The molecule has 136 valence electrons. The van der Waals surface area contributed by atoms with E-state index in [0.29, 0.717) is 17.8 Å². The van der Waals surface area contributed by atoms with Crippen LogP contribution in [0.4, 0.5) is 5.69 Å². The molecule has 1 aromatic heterocycles. The quantitative estimate of drug-likeness (QED) is 0.798. The number of carbonyl (C=O) groups is 2. The van der Waals surface area contributed by atoms with Crippen molar-refractivity contribution < 1.29 is 9.59 Å². The summed E-state index contributed by atoms with van der Waals surface area (Å²) < 4.78 is 0. The minimum atomic E-state index is -0.646. The second kappa shape index (κ2) is 6.87. The smallest absolute Gasteiger partial charge is 0.313 e. The van der Waals surface area contributed by atoms with Crippen molar-refractivity contribution in [3.8, 4) is 5.69 Å². The summed E-state index contributed by atoms with van der Waals surface area (Å²) in [6, 6.07) is 8.16. The van der Waals surface area contributed by atoms with Crippen LogP contribution in [0.5, 0.6) is 0 Å². The van der Waals surface area contributed by atoms with Gasteiger partial charge >= 0.3 is 11.8 Å². The van der Waals surface area contributed by atoms with Crippen molar-refractivity contribution in [3.63, 3.8) is 0 Å². The average molecular weight is 354 g/mol. The standard InChI is InChI=1S/C18H22N6O2/c1-12-10-14(11-23(12)15-6-7-15)22-18(26)17(25)21-13-2-4-16(5-3-13)24-19-8-9-20-24/h2-5,8-9,12,14-15H,6-7,10-11H2,1H3,(H,21,25)(H,22,26). The van der Waals surface area contributed by atoms with Crippen LogP contribution in [-0.4, -0.2) is 56.4 Å². The summed E-state index contributed by atoms with van der Waals surface area (Å²) in [5, 5.41) is 13.6. The second-order valence-corrected chi connectivity index (χ2v) is 7.00. The van der Waals surface area contributed by atoms with Gasteiger partial charge in [-0.3, -0.25) is 14.5 Å². The maximum atomic E-state index is 12.2. The molecular weight excluding hydrogens is 332 g/mol. The topological polar surface area (TPSA) is 92.2 Å². The highest BCUT2D eigenvalue weighted by Crippen LogP contribution is 2.33. The lowest BCUT2D eigenvalue weighted by atomic mass is 10.2. The molecule has 4 rings (SSSR count). The Hall–Kier alpha value is -2.74. The number of carbonyl (C=O) groups excluding carboxylic acids is 2. The number of benzene rings is 1. The van der Waals surface area contributed by atoms with Crippen LogP contribution in [0.15, 0.2) is 36.7 Å². The van der Waals surface area contributed by atoms with E-state index in [1.54, 1.807) is 36.7 Å². The Morgan fingerprint density at radius 1 is 1.08 bits per heavy atom. The maximum absolute atomic E-state index is 12.2. The third-order valence-corrected chi connectivity index (χ3v) is 4.96. The van der Waals surface area contributed by atoms with Crippen LogP contribution in [0.2, 0.25) is 0 Å². The van der Waals surface area contributed by atoms with E-state index in [9.17, 15) is 9.59 Å². The molecule has 8 nitrogen and oxygen atoms in total. The van der Waals surface area contributed by atoms with Crippen LogP contribution in [0.3, 0.4) is 0 Å². The number of rotatable bonds is 4. The number of hydrogen-bond acceptors (Lipinski definition) is 5. The molecule has 2 unspecified atom stereocenters. The van der Waals surface area contributed by atoms with Crippen LogP contribution in [0.1, 0.15) is 26.2 Å². The van der Waals surface area contributed by atoms with Gasteiger partial charge < -0.3 is 10.6 Å². The fraction of sp³-hybridized carbons (Fsp3) is 0.444. The minimum Gasteiger partial charge on any atom is -0.344 e. The van der Waals surface area contributed by atoms with E-state index in [-0.39, 0.29) is 6.04 Å². The lowest BCUT2D eigenvalue weighted by Crippen LogP contribution is -2.43. The molecule has 2 aliphatic rings. The van der Waals surface area contributed by atoms with Gasteiger partial charge in [0.25, 0.3) is 0 Å². The molecular formula is C18H22N6O2. The second-order valence-electron chi connectivity index (χ2n) is 7.00. The molecule has 0 radical (unpaired) electrons. The van der Waals surface area contributed by atoms with Crippen LogP contribution in [-0.2, 0) is 9.59 Å². The number of nitrogens with zero attached hydrogens (tertiary/aromatic N) is 4. The number of likely N-dealkylation sites (tertiary alicyclic amines) is 1. The van der Waals surface area contributed by atoms with Crippen molar-refractivity contribution in [2.75, 3.05) is 11.9 Å². The molecule has 1 saturated heterocycles. The minimum absolute atomic E-state index is 0.0390. The number of aromatic nitrogens is 3. The van der Waals surface area contributed by atoms with Crippen molar-refractivity contribution >= 4 is 17.5 Å². The lowest BCUT2D eigenvalue weighted by Gasteiger charge is -2.19. The molecule has 0 bridgehead atoms. The van der Waals surface area contributed by atoms with Crippen molar-refractivity contribution in [1.82, 2.24) is 25.2 Å². The molecule has 0 spiro atoms. The van der Waals surface area contributed by atoms with Crippen LogP contribution in [0.25, 0.3) is 5.69 Å². The molecule has 2 N–H and O–H groups in total. The summed E-state index contributed by atoms with van der Waals surface area (Å²) in [5.74, 6) is -1.23. The Balaban J connectivity index is 1.31. The fourth-order valence-corrected chi connectivity index (χ4v) is 3.54. The number of anilines is 1. The highest BCUT2D eigenvalue weighted by molar-refractivity contribution is 6.39. The van der Waals surface area contributed by atoms with Crippen LogP contribution >= 0.6 is 0 Å². The highest BCUT2D eigenvalue weighted by Gasteiger charge is 2.39. The first-order valence-corrected chi connectivity index (χ1v) is 8.94. The third kappa shape index (κ3) is 3.60. The van der Waals surface area contributed by atoms with Crippen molar-refractivity contribution in [3.05, 3.63) is 36.7 Å². The Morgan fingerprint density at radius 2 is 1.77 bits per heavy atom. The van der Waals surface area contributed by atoms with E-state index in [0.717, 1.165) is 18.7 Å². The number of hydrogen-bond donors (Lipinski definition) is 2. The Bertz CT molecular complexity index is 785. The summed E-state index contributed by atoms with van der Waals surface area (Å²) in [4.78, 5) is 28.3. The first kappa shape index (κ1) is 16.7. The van der Waals surface area contributed by atoms with E-state index in [1.807, 2.05) is 0 Å². The first-order chi connectivity index (χ1) is 12.6. The molecule has 2 fully saturated rings. The summed E-state index contributed by atoms with van der Waals surface area (Å²) >= 11 is 0. The molecule has 1 aromatic carbocycles.